The number of rotatable bonds is 5. The lowest BCUT2D eigenvalue weighted by Crippen LogP contribution is -2.28. The van der Waals surface area contributed by atoms with Crippen LogP contribution in [0.1, 0.15) is 26.3 Å². The molecule has 74 valence electrons. The van der Waals surface area contributed by atoms with Crippen molar-refractivity contribution in [2.75, 3.05) is 6.54 Å². The first kappa shape index (κ1) is 10.7. The Balaban J connectivity index is 2.22. The fourth-order valence-electron chi connectivity index (χ4n) is 1.32. The molecule has 0 radical (unpaired) electrons. The van der Waals surface area contributed by atoms with Gasteiger partial charge in [-0.15, -0.1) is 0 Å². The zero-order valence-electron chi connectivity index (χ0n) is 8.71. The van der Waals surface area contributed by atoms with Crippen LogP contribution < -0.4 is 5.32 Å². The lowest BCUT2D eigenvalue weighted by Gasteiger charge is -2.13. The minimum atomic E-state index is 0.602. The van der Waals surface area contributed by atoms with Gasteiger partial charge >= 0.3 is 0 Å². The average Bonchev–Trinajstić information content (AvgIpc) is 2.53. The van der Waals surface area contributed by atoms with E-state index in [1.807, 2.05) is 0 Å². The Kier molecular flexibility index (Phi) is 4.46. The Morgan fingerprint density at radius 3 is 2.69 bits per heavy atom. The average molecular weight is 197 g/mol. The highest BCUT2D eigenvalue weighted by Crippen LogP contribution is 2.11. The summed E-state index contributed by atoms with van der Waals surface area (Å²) in [6, 6.07) is 2.82. The van der Waals surface area contributed by atoms with Crippen molar-refractivity contribution in [3.63, 3.8) is 0 Å². The molecule has 0 aliphatic heterocycles. The highest BCUT2D eigenvalue weighted by molar-refractivity contribution is 7.07. The van der Waals surface area contributed by atoms with Crippen LogP contribution in [-0.2, 0) is 6.42 Å². The Bertz CT molecular complexity index is 216. The van der Waals surface area contributed by atoms with Crippen LogP contribution in [-0.4, -0.2) is 12.6 Å². The van der Waals surface area contributed by atoms with E-state index in [1.165, 1.54) is 12.0 Å². The van der Waals surface area contributed by atoms with Gasteiger partial charge in [-0.1, -0.05) is 20.8 Å². The van der Waals surface area contributed by atoms with Crippen LogP contribution in [0.4, 0.5) is 0 Å². The third kappa shape index (κ3) is 4.44. The Hall–Kier alpha value is -0.340. The summed E-state index contributed by atoms with van der Waals surface area (Å²) in [5, 5.41) is 7.85. The van der Waals surface area contributed by atoms with Crippen molar-refractivity contribution >= 4 is 11.3 Å². The maximum atomic E-state index is 3.46. The van der Waals surface area contributed by atoms with Gasteiger partial charge in [0.05, 0.1) is 0 Å². The molecular formula is C11H19NS. The third-order valence-corrected chi connectivity index (χ3v) is 2.77. The molecule has 1 unspecified atom stereocenters. The summed E-state index contributed by atoms with van der Waals surface area (Å²) in [6.45, 7) is 7.80. The second kappa shape index (κ2) is 5.40. The Morgan fingerprint density at radius 1 is 1.38 bits per heavy atom. The molecule has 2 heteroatoms. The normalized spacial score (nSPS) is 13.5. The van der Waals surface area contributed by atoms with Crippen LogP contribution in [0.3, 0.4) is 0 Å². The topological polar surface area (TPSA) is 12.0 Å². The summed E-state index contributed by atoms with van der Waals surface area (Å²) in [6.07, 6.45) is 1.20. The molecule has 1 N–H and O–H groups in total. The van der Waals surface area contributed by atoms with Gasteiger partial charge in [0.1, 0.15) is 0 Å². The van der Waals surface area contributed by atoms with E-state index in [-0.39, 0.29) is 0 Å². The molecule has 0 amide bonds. The fourth-order valence-corrected chi connectivity index (χ4v) is 2.00. The number of nitrogens with one attached hydrogen (secondary N) is 1. The molecule has 13 heavy (non-hydrogen) atoms. The van der Waals surface area contributed by atoms with Crippen LogP contribution >= 0.6 is 11.3 Å². The van der Waals surface area contributed by atoms with Gasteiger partial charge in [0, 0.05) is 6.04 Å². The minimum absolute atomic E-state index is 0.602. The van der Waals surface area contributed by atoms with E-state index in [0.717, 1.165) is 12.5 Å². The molecule has 0 saturated carbocycles. The van der Waals surface area contributed by atoms with E-state index in [1.54, 1.807) is 11.3 Å². The van der Waals surface area contributed by atoms with Crippen LogP contribution in [0, 0.1) is 5.92 Å². The summed E-state index contributed by atoms with van der Waals surface area (Å²) >= 11 is 1.79. The number of thiophene rings is 1. The number of hydrogen-bond donors (Lipinski definition) is 1. The maximum Gasteiger partial charge on any atom is 0.00104 e. The zero-order chi connectivity index (χ0) is 9.68. The van der Waals surface area contributed by atoms with Gasteiger partial charge in [0.2, 0.25) is 0 Å². The molecule has 0 aliphatic carbocycles. The second-order valence-electron chi connectivity index (χ2n) is 4.00. The Morgan fingerprint density at radius 2 is 2.15 bits per heavy atom. The standard InChI is InChI=1S/C11H19NS/c1-9(2)12-7-10(3)6-11-4-5-13-8-11/h4-5,8-10,12H,6-7H2,1-3H3. The molecule has 1 aromatic heterocycles. The first-order chi connectivity index (χ1) is 6.18. The van der Waals surface area contributed by atoms with E-state index in [2.05, 4.69) is 42.9 Å². The molecule has 0 saturated heterocycles. The molecule has 0 bridgehead atoms. The van der Waals surface area contributed by atoms with Gasteiger partial charge in [0.15, 0.2) is 0 Å². The molecule has 1 atom stereocenters. The van der Waals surface area contributed by atoms with Crippen LogP contribution in [0.25, 0.3) is 0 Å². The summed E-state index contributed by atoms with van der Waals surface area (Å²) in [7, 11) is 0. The van der Waals surface area contributed by atoms with E-state index < -0.39 is 0 Å². The zero-order valence-corrected chi connectivity index (χ0v) is 9.53. The third-order valence-electron chi connectivity index (χ3n) is 2.04. The largest absolute Gasteiger partial charge is 0.314 e. The van der Waals surface area contributed by atoms with Gasteiger partial charge < -0.3 is 5.32 Å². The quantitative estimate of drug-likeness (QED) is 0.765. The van der Waals surface area contributed by atoms with Gasteiger partial charge in [-0.05, 0) is 41.3 Å². The van der Waals surface area contributed by atoms with Gasteiger partial charge in [-0.3, -0.25) is 0 Å². The summed E-state index contributed by atoms with van der Waals surface area (Å²) in [4.78, 5) is 0. The van der Waals surface area contributed by atoms with E-state index >= 15 is 0 Å². The molecule has 0 fully saturated rings. The summed E-state index contributed by atoms with van der Waals surface area (Å²) in [5.74, 6) is 0.733. The molecule has 0 aliphatic rings. The predicted octanol–water partition coefficient (Wildman–Crippen LogP) is 2.92. The number of hydrogen-bond acceptors (Lipinski definition) is 2. The minimum Gasteiger partial charge on any atom is -0.314 e. The second-order valence-corrected chi connectivity index (χ2v) is 4.78. The van der Waals surface area contributed by atoms with Crippen molar-refractivity contribution in [2.24, 2.45) is 5.92 Å². The smallest absolute Gasteiger partial charge is 0.00104 e. The van der Waals surface area contributed by atoms with Crippen molar-refractivity contribution in [1.82, 2.24) is 5.32 Å². The van der Waals surface area contributed by atoms with Crippen LogP contribution in [0.5, 0.6) is 0 Å². The molecule has 0 spiro atoms. The van der Waals surface area contributed by atoms with Gasteiger partial charge in [-0.2, -0.15) is 11.3 Å². The predicted molar refractivity (Wildman–Crippen MR) is 60.3 cm³/mol. The van der Waals surface area contributed by atoms with E-state index in [9.17, 15) is 0 Å². The lowest BCUT2D eigenvalue weighted by molar-refractivity contribution is 0.476. The molecule has 0 aromatic carbocycles. The summed E-state index contributed by atoms with van der Waals surface area (Å²) < 4.78 is 0. The van der Waals surface area contributed by atoms with Crippen LogP contribution in [0.2, 0.25) is 0 Å². The van der Waals surface area contributed by atoms with Gasteiger partial charge in [0.25, 0.3) is 0 Å². The molecule has 1 nitrogen and oxygen atoms in total. The van der Waals surface area contributed by atoms with Crippen molar-refractivity contribution in [3.8, 4) is 0 Å². The van der Waals surface area contributed by atoms with Crippen molar-refractivity contribution < 1.29 is 0 Å². The van der Waals surface area contributed by atoms with Crippen LogP contribution in [0.15, 0.2) is 16.8 Å². The van der Waals surface area contributed by atoms with Crippen molar-refractivity contribution in [2.45, 2.75) is 33.2 Å². The van der Waals surface area contributed by atoms with Crippen molar-refractivity contribution in [1.29, 1.82) is 0 Å². The molecular weight excluding hydrogens is 178 g/mol. The lowest BCUT2D eigenvalue weighted by atomic mass is 10.0. The fraction of sp³-hybridized carbons (Fsp3) is 0.636. The van der Waals surface area contributed by atoms with E-state index in [4.69, 9.17) is 0 Å². The first-order valence-corrected chi connectivity index (χ1v) is 5.87. The first-order valence-electron chi connectivity index (χ1n) is 4.93. The summed E-state index contributed by atoms with van der Waals surface area (Å²) in [5.41, 5.74) is 1.48. The monoisotopic (exact) mass is 197 g/mol. The Labute approximate surface area is 85.2 Å². The van der Waals surface area contributed by atoms with E-state index in [0.29, 0.717) is 6.04 Å². The molecule has 1 heterocycles. The van der Waals surface area contributed by atoms with Crippen molar-refractivity contribution in [3.05, 3.63) is 22.4 Å². The van der Waals surface area contributed by atoms with Gasteiger partial charge in [-0.25, -0.2) is 0 Å². The molecule has 1 aromatic rings. The highest BCUT2D eigenvalue weighted by Gasteiger charge is 2.04. The molecule has 1 rings (SSSR count). The highest BCUT2D eigenvalue weighted by atomic mass is 32.1. The SMILES string of the molecule is CC(CNC(C)C)Cc1ccsc1. The maximum absolute atomic E-state index is 3.46.